The van der Waals surface area contributed by atoms with E-state index in [0.29, 0.717) is 65.2 Å². The van der Waals surface area contributed by atoms with Gasteiger partial charge in [-0.1, -0.05) is 67.6 Å². The third-order valence-electron chi connectivity index (χ3n) is 9.24. The van der Waals surface area contributed by atoms with Crippen LogP contribution in [0.1, 0.15) is 41.5 Å². The predicted octanol–water partition coefficient (Wildman–Crippen LogP) is 5.62. The third-order valence-corrected chi connectivity index (χ3v) is 9.24. The van der Waals surface area contributed by atoms with Gasteiger partial charge in [0, 0.05) is 45.8 Å². The number of amides is 1. The third kappa shape index (κ3) is 10.4. The molecular weight excluding hydrogens is 622 g/mol. The van der Waals surface area contributed by atoms with Crippen LogP contribution >= 0.6 is 0 Å². The van der Waals surface area contributed by atoms with Gasteiger partial charge in [-0.25, -0.2) is 4.79 Å². The van der Waals surface area contributed by atoms with Crippen LogP contribution < -0.4 is 15.4 Å². The second-order valence-corrected chi connectivity index (χ2v) is 13.1. The van der Waals surface area contributed by atoms with Crippen molar-refractivity contribution in [2.45, 2.75) is 45.2 Å². The summed E-state index contributed by atoms with van der Waals surface area (Å²) in [6.45, 7) is 8.94. The fourth-order valence-corrected chi connectivity index (χ4v) is 6.72. The zero-order valence-electron chi connectivity index (χ0n) is 29.3. The smallest absolute Gasteiger partial charge is 0.410 e. The summed E-state index contributed by atoms with van der Waals surface area (Å²) in [5.74, 6) is 1.19. The summed E-state index contributed by atoms with van der Waals surface area (Å²) in [5, 5.41) is 0. The maximum absolute atomic E-state index is 13.4. The molecular formula is C39H53N3O7. The largest absolute Gasteiger partial charge is 0.490 e. The number of hydrogen-bond acceptors (Lipinski definition) is 9. The molecule has 2 N–H and O–H groups in total. The molecule has 2 heterocycles. The van der Waals surface area contributed by atoms with E-state index in [0.717, 1.165) is 53.2 Å². The lowest BCUT2D eigenvalue weighted by atomic mass is 9.78. The molecule has 10 heteroatoms. The Morgan fingerprint density at radius 1 is 0.918 bits per heavy atom. The Morgan fingerprint density at radius 3 is 2.45 bits per heavy atom. The lowest BCUT2D eigenvalue weighted by Gasteiger charge is -2.43. The van der Waals surface area contributed by atoms with Gasteiger partial charge in [0.25, 0.3) is 0 Å². The van der Waals surface area contributed by atoms with Gasteiger partial charge in [-0.2, -0.15) is 0 Å². The van der Waals surface area contributed by atoms with Gasteiger partial charge < -0.3 is 44.0 Å². The summed E-state index contributed by atoms with van der Waals surface area (Å²) in [7, 11) is 3.44. The molecule has 1 unspecified atom stereocenters. The standard InChI is InChI=1S/C39H53N3O7/c1-29(24-45-3)25-46-26-31-10-13-33(14-11-31)38-34(21-40)22-42(39(43)49-27-30-8-5-4-6-9-30)23-37(38)48-28-32-12-15-36-35(20-32)41(17-19-47-36)16-7-18-44-2/h4-6,8-15,20,29,34,37-38H,7,16-19,21-28,40H2,1-3H3/t29?,34-,37+,38+/m1/s1. The van der Waals surface area contributed by atoms with Gasteiger partial charge in [0.2, 0.25) is 0 Å². The van der Waals surface area contributed by atoms with E-state index in [2.05, 4.69) is 48.2 Å². The molecule has 4 atom stereocenters. The maximum atomic E-state index is 13.4. The van der Waals surface area contributed by atoms with Crippen molar-refractivity contribution in [3.8, 4) is 5.75 Å². The van der Waals surface area contributed by atoms with Gasteiger partial charge >= 0.3 is 6.09 Å². The zero-order valence-corrected chi connectivity index (χ0v) is 29.3. The van der Waals surface area contributed by atoms with Gasteiger partial charge in [0.05, 0.1) is 51.3 Å². The van der Waals surface area contributed by atoms with Crippen LogP contribution in [-0.2, 0) is 43.5 Å². The molecule has 0 aliphatic carbocycles. The van der Waals surface area contributed by atoms with Gasteiger partial charge in [0.15, 0.2) is 0 Å². The topological polar surface area (TPSA) is 105 Å². The number of fused-ring (bicyclic) bond motifs is 1. The average Bonchev–Trinajstić information content (AvgIpc) is 3.13. The number of hydrogen-bond donors (Lipinski definition) is 1. The number of ether oxygens (including phenoxy) is 6. The Hall–Kier alpha value is -3.67. The normalized spacial score (nSPS) is 19.6. The summed E-state index contributed by atoms with van der Waals surface area (Å²) in [4.78, 5) is 17.5. The molecule has 0 saturated carbocycles. The van der Waals surface area contributed by atoms with Crippen LogP contribution in [-0.4, -0.2) is 90.5 Å². The van der Waals surface area contributed by atoms with E-state index in [9.17, 15) is 4.79 Å². The molecule has 0 spiro atoms. The number of rotatable bonds is 17. The lowest BCUT2D eigenvalue weighted by molar-refractivity contribution is -0.0422. The molecule has 0 radical (unpaired) electrons. The minimum absolute atomic E-state index is 0.00799. The molecule has 3 aromatic carbocycles. The number of nitrogens with two attached hydrogens (primary N) is 1. The number of likely N-dealkylation sites (tertiary alicyclic amines) is 1. The second-order valence-electron chi connectivity index (χ2n) is 13.1. The van der Waals surface area contributed by atoms with Crippen molar-refractivity contribution in [2.24, 2.45) is 17.6 Å². The van der Waals surface area contributed by atoms with Crippen molar-refractivity contribution in [3.63, 3.8) is 0 Å². The molecule has 3 aromatic rings. The number of anilines is 1. The van der Waals surface area contributed by atoms with Crippen molar-refractivity contribution in [1.29, 1.82) is 0 Å². The summed E-state index contributed by atoms with van der Waals surface area (Å²) in [6, 6.07) is 24.5. The Bertz CT molecular complexity index is 1420. The SMILES string of the molecule is COCCCN1CCOc2ccc(CO[C@H]3CN(C(=O)OCc4ccccc4)C[C@@H](CN)[C@@H]3c3ccc(COCC(C)COC)cc3)cc21. The van der Waals surface area contributed by atoms with Crippen molar-refractivity contribution >= 4 is 11.8 Å². The zero-order chi connectivity index (χ0) is 34.4. The minimum atomic E-state index is -0.359. The van der Waals surface area contributed by atoms with Gasteiger partial charge in [0.1, 0.15) is 19.0 Å². The van der Waals surface area contributed by atoms with E-state index in [-0.39, 0.29) is 30.6 Å². The molecule has 10 nitrogen and oxygen atoms in total. The summed E-state index contributed by atoms with van der Waals surface area (Å²) >= 11 is 0. The van der Waals surface area contributed by atoms with Crippen LogP contribution in [0, 0.1) is 11.8 Å². The number of carbonyl (C=O) groups excluding carboxylic acids is 1. The van der Waals surface area contributed by atoms with E-state index >= 15 is 0 Å². The molecule has 5 rings (SSSR count). The summed E-state index contributed by atoms with van der Waals surface area (Å²) in [5.41, 5.74) is 11.7. The molecule has 1 saturated heterocycles. The highest BCUT2D eigenvalue weighted by atomic mass is 16.6. The van der Waals surface area contributed by atoms with Gasteiger partial charge in [-0.3, -0.25) is 0 Å². The van der Waals surface area contributed by atoms with E-state index in [1.54, 1.807) is 19.1 Å². The monoisotopic (exact) mass is 675 g/mol. The Balaban J connectivity index is 1.31. The molecule has 0 bridgehead atoms. The second kappa shape index (κ2) is 18.9. The van der Waals surface area contributed by atoms with Crippen molar-refractivity contribution < 1.29 is 33.2 Å². The van der Waals surface area contributed by atoms with Gasteiger partial charge in [-0.15, -0.1) is 0 Å². The quantitative estimate of drug-likeness (QED) is 0.183. The van der Waals surface area contributed by atoms with Crippen LogP contribution in [0.5, 0.6) is 5.75 Å². The first kappa shape index (κ1) is 36.6. The van der Waals surface area contributed by atoms with Crippen LogP contribution in [0.4, 0.5) is 10.5 Å². The van der Waals surface area contributed by atoms with E-state index < -0.39 is 0 Å². The van der Waals surface area contributed by atoms with Crippen LogP contribution in [0.2, 0.25) is 0 Å². The Labute approximate surface area is 291 Å². The fraction of sp³-hybridized carbons (Fsp3) is 0.513. The molecule has 266 valence electrons. The van der Waals surface area contributed by atoms with E-state index in [1.807, 2.05) is 36.4 Å². The van der Waals surface area contributed by atoms with E-state index in [1.165, 1.54) is 0 Å². The number of piperidine rings is 1. The predicted molar refractivity (Wildman–Crippen MR) is 190 cm³/mol. The minimum Gasteiger partial charge on any atom is -0.490 e. The fourth-order valence-electron chi connectivity index (χ4n) is 6.72. The number of nitrogens with zero attached hydrogens (tertiary/aromatic N) is 2. The van der Waals surface area contributed by atoms with Crippen molar-refractivity contribution in [2.75, 3.05) is 78.3 Å². The highest BCUT2D eigenvalue weighted by molar-refractivity contribution is 5.68. The first-order valence-corrected chi connectivity index (χ1v) is 17.4. The van der Waals surface area contributed by atoms with Gasteiger partial charge in [-0.05, 0) is 53.3 Å². The first-order valence-electron chi connectivity index (χ1n) is 17.4. The van der Waals surface area contributed by atoms with Crippen molar-refractivity contribution in [1.82, 2.24) is 4.90 Å². The molecule has 1 fully saturated rings. The van der Waals surface area contributed by atoms with Crippen molar-refractivity contribution in [3.05, 3.63) is 95.1 Å². The first-order chi connectivity index (χ1) is 24.0. The molecule has 49 heavy (non-hydrogen) atoms. The average molecular weight is 676 g/mol. The molecule has 2 aliphatic rings. The Morgan fingerprint density at radius 2 is 1.69 bits per heavy atom. The Kier molecular flexibility index (Phi) is 14.1. The number of methoxy groups -OCH3 is 2. The highest BCUT2D eigenvalue weighted by Gasteiger charge is 2.40. The van der Waals surface area contributed by atoms with E-state index in [4.69, 9.17) is 34.2 Å². The summed E-state index contributed by atoms with van der Waals surface area (Å²) < 4.78 is 34.9. The number of carbonyl (C=O) groups is 1. The van der Waals surface area contributed by atoms with Crippen LogP contribution in [0.25, 0.3) is 0 Å². The molecule has 2 aliphatic heterocycles. The summed E-state index contributed by atoms with van der Waals surface area (Å²) in [6.07, 6.45) is 0.283. The maximum Gasteiger partial charge on any atom is 0.410 e. The molecule has 1 amide bonds. The number of benzene rings is 3. The molecule has 0 aromatic heterocycles. The van der Waals surface area contributed by atoms with Crippen LogP contribution in [0.3, 0.4) is 0 Å². The highest BCUT2D eigenvalue weighted by Crippen LogP contribution is 2.37. The lowest BCUT2D eigenvalue weighted by Crippen LogP contribution is -2.53. The van der Waals surface area contributed by atoms with Crippen LogP contribution in [0.15, 0.2) is 72.8 Å².